The van der Waals surface area contributed by atoms with E-state index in [-0.39, 0.29) is 17.0 Å². The van der Waals surface area contributed by atoms with E-state index in [4.69, 9.17) is 10.8 Å². The Hall–Kier alpha value is -1.62. The van der Waals surface area contributed by atoms with Crippen molar-refractivity contribution < 1.29 is 19.4 Å². The van der Waals surface area contributed by atoms with Crippen molar-refractivity contribution in [2.75, 3.05) is 0 Å². The number of phenols is 1. The Balaban J connectivity index is 2.40. The largest absolute Gasteiger partial charge is 0.505 e. The molecule has 0 saturated heterocycles. The molecule has 0 radical (unpaired) electrons. The summed E-state index contributed by atoms with van der Waals surface area (Å²) < 4.78 is 13.4. The van der Waals surface area contributed by atoms with Gasteiger partial charge in [0.15, 0.2) is 11.6 Å². The molecule has 0 aromatic heterocycles. The molecule has 5 heteroatoms. The number of hydrogen-bond donors (Lipinski definition) is 3. The molecule has 0 spiro atoms. The standard InChI is InChI=1S/C12H14FNO3/c13-9-5-7(12(16)17)4-8(11(9)15)10(14)6-2-1-3-6/h4-6,10,15H,1-3,14H2,(H,16,17)/t10-/m1/s1. The van der Waals surface area contributed by atoms with Crippen LogP contribution in [0.4, 0.5) is 4.39 Å². The minimum Gasteiger partial charge on any atom is -0.505 e. The summed E-state index contributed by atoms with van der Waals surface area (Å²) in [5.74, 6) is -2.50. The first-order valence-corrected chi connectivity index (χ1v) is 5.52. The average Bonchev–Trinajstić information content (AvgIpc) is 2.18. The zero-order valence-electron chi connectivity index (χ0n) is 9.19. The molecule has 1 fully saturated rings. The van der Waals surface area contributed by atoms with Crippen LogP contribution in [0.1, 0.15) is 41.2 Å². The van der Waals surface area contributed by atoms with E-state index in [2.05, 4.69) is 0 Å². The number of halogens is 1. The number of nitrogens with two attached hydrogens (primary N) is 1. The molecule has 0 bridgehead atoms. The Morgan fingerprint density at radius 1 is 1.47 bits per heavy atom. The Labute approximate surface area is 97.9 Å². The highest BCUT2D eigenvalue weighted by Crippen LogP contribution is 2.39. The van der Waals surface area contributed by atoms with E-state index in [1.165, 1.54) is 6.07 Å². The van der Waals surface area contributed by atoms with Gasteiger partial charge in [0.25, 0.3) is 0 Å². The van der Waals surface area contributed by atoms with Crippen LogP contribution in [-0.4, -0.2) is 16.2 Å². The smallest absolute Gasteiger partial charge is 0.335 e. The van der Waals surface area contributed by atoms with Gasteiger partial charge in [-0.2, -0.15) is 0 Å². The fourth-order valence-corrected chi connectivity index (χ4v) is 2.05. The van der Waals surface area contributed by atoms with E-state index in [0.29, 0.717) is 0 Å². The molecule has 4 nitrogen and oxygen atoms in total. The number of hydrogen-bond acceptors (Lipinski definition) is 3. The molecule has 0 amide bonds. The van der Waals surface area contributed by atoms with Crippen LogP contribution in [0.25, 0.3) is 0 Å². The molecule has 1 aliphatic rings. The molecule has 1 aromatic rings. The molecule has 1 atom stereocenters. The summed E-state index contributed by atoms with van der Waals surface area (Å²) in [6.07, 6.45) is 2.93. The van der Waals surface area contributed by atoms with E-state index in [1.807, 2.05) is 0 Å². The minimum absolute atomic E-state index is 0.187. The number of phenolic OH excluding ortho intramolecular Hbond substituents is 1. The highest BCUT2D eigenvalue weighted by molar-refractivity contribution is 5.88. The van der Waals surface area contributed by atoms with Crippen molar-refractivity contribution in [2.45, 2.75) is 25.3 Å². The van der Waals surface area contributed by atoms with Gasteiger partial charge in [-0.3, -0.25) is 0 Å². The molecule has 0 unspecified atom stereocenters. The maximum absolute atomic E-state index is 13.4. The quantitative estimate of drug-likeness (QED) is 0.753. The molecule has 2 rings (SSSR count). The van der Waals surface area contributed by atoms with Crippen molar-refractivity contribution in [1.29, 1.82) is 0 Å². The van der Waals surface area contributed by atoms with Crippen LogP contribution in [0.5, 0.6) is 5.75 Å². The summed E-state index contributed by atoms with van der Waals surface area (Å²) in [5.41, 5.74) is 5.92. The average molecular weight is 239 g/mol. The predicted molar refractivity (Wildman–Crippen MR) is 59.3 cm³/mol. The summed E-state index contributed by atoms with van der Waals surface area (Å²) in [4.78, 5) is 10.8. The molecule has 1 saturated carbocycles. The van der Waals surface area contributed by atoms with Gasteiger partial charge in [-0.15, -0.1) is 0 Å². The summed E-state index contributed by atoms with van der Waals surface area (Å²) in [5, 5.41) is 18.4. The number of aromatic carboxylic acids is 1. The van der Waals surface area contributed by atoms with Gasteiger partial charge in [-0.05, 0) is 30.9 Å². The number of carboxylic acids is 1. The van der Waals surface area contributed by atoms with Gasteiger partial charge < -0.3 is 15.9 Å². The van der Waals surface area contributed by atoms with Crippen molar-refractivity contribution in [3.8, 4) is 5.75 Å². The van der Waals surface area contributed by atoms with Crippen LogP contribution < -0.4 is 5.73 Å². The topological polar surface area (TPSA) is 83.6 Å². The third kappa shape index (κ3) is 2.10. The second kappa shape index (κ2) is 4.33. The molecule has 92 valence electrons. The van der Waals surface area contributed by atoms with Gasteiger partial charge in [0.1, 0.15) is 0 Å². The third-order valence-corrected chi connectivity index (χ3v) is 3.36. The monoisotopic (exact) mass is 239 g/mol. The summed E-state index contributed by atoms with van der Waals surface area (Å²) in [7, 11) is 0. The van der Waals surface area contributed by atoms with Crippen molar-refractivity contribution in [3.63, 3.8) is 0 Å². The van der Waals surface area contributed by atoms with Gasteiger partial charge in [-0.25, -0.2) is 9.18 Å². The first-order valence-electron chi connectivity index (χ1n) is 5.52. The van der Waals surface area contributed by atoms with Crippen LogP contribution in [0, 0.1) is 11.7 Å². The molecule has 0 heterocycles. The van der Waals surface area contributed by atoms with E-state index >= 15 is 0 Å². The highest BCUT2D eigenvalue weighted by atomic mass is 19.1. The lowest BCUT2D eigenvalue weighted by Crippen LogP contribution is -2.27. The fraction of sp³-hybridized carbons (Fsp3) is 0.417. The van der Waals surface area contributed by atoms with Crippen molar-refractivity contribution in [3.05, 3.63) is 29.1 Å². The first kappa shape index (κ1) is 11.9. The highest BCUT2D eigenvalue weighted by Gasteiger charge is 2.29. The van der Waals surface area contributed by atoms with E-state index in [0.717, 1.165) is 25.3 Å². The first-order chi connectivity index (χ1) is 8.00. The van der Waals surface area contributed by atoms with Crippen molar-refractivity contribution in [2.24, 2.45) is 11.7 Å². The van der Waals surface area contributed by atoms with E-state index in [9.17, 15) is 14.3 Å². The Morgan fingerprint density at radius 3 is 2.59 bits per heavy atom. The summed E-state index contributed by atoms with van der Waals surface area (Å²) in [6.45, 7) is 0. The Kier molecular flexibility index (Phi) is 3.02. The lowest BCUT2D eigenvalue weighted by molar-refractivity contribution is 0.0696. The maximum Gasteiger partial charge on any atom is 0.335 e. The Morgan fingerprint density at radius 2 is 2.12 bits per heavy atom. The summed E-state index contributed by atoms with van der Waals surface area (Å²) >= 11 is 0. The SMILES string of the molecule is N[C@@H](c1cc(C(=O)O)cc(F)c1O)C1CCC1. The number of benzene rings is 1. The predicted octanol–water partition coefficient (Wildman–Crippen LogP) is 2.03. The Bertz CT molecular complexity index is 457. The van der Waals surface area contributed by atoms with Crippen LogP contribution >= 0.6 is 0 Å². The number of carbonyl (C=O) groups is 1. The van der Waals surface area contributed by atoms with Crippen LogP contribution in [-0.2, 0) is 0 Å². The molecule has 17 heavy (non-hydrogen) atoms. The second-order valence-electron chi connectivity index (χ2n) is 4.42. The van der Waals surface area contributed by atoms with Crippen LogP contribution in [0.3, 0.4) is 0 Å². The van der Waals surface area contributed by atoms with E-state index in [1.54, 1.807) is 0 Å². The summed E-state index contributed by atoms with van der Waals surface area (Å²) in [6, 6.07) is 1.55. The van der Waals surface area contributed by atoms with Gasteiger partial charge in [0.2, 0.25) is 0 Å². The van der Waals surface area contributed by atoms with Gasteiger partial charge in [0, 0.05) is 11.6 Å². The minimum atomic E-state index is -1.23. The number of carboxylic acid groups (broad SMARTS) is 1. The lowest BCUT2D eigenvalue weighted by Gasteiger charge is -2.31. The van der Waals surface area contributed by atoms with Gasteiger partial charge >= 0.3 is 5.97 Å². The zero-order chi connectivity index (χ0) is 12.6. The molecular formula is C12H14FNO3. The number of aromatic hydroxyl groups is 1. The molecule has 1 aliphatic carbocycles. The third-order valence-electron chi connectivity index (χ3n) is 3.36. The molecule has 4 N–H and O–H groups in total. The second-order valence-corrected chi connectivity index (χ2v) is 4.42. The van der Waals surface area contributed by atoms with Gasteiger partial charge in [-0.1, -0.05) is 6.42 Å². The zero-order valence-corrected chi connectivity index (χ0v) is 9.19. The van der Waals surface area contributed by atoms with Crippen molar-refractivity contribution in [1.82, 2.24) is 0 Å². The lowest BCUT2D eigenvalue weighted by atomic mass is 9.77. The van der Waals surface area contributed by atoms with Crippen molar-refractivity contribution >= 4 is 5.97 Å². The molecule has 1 aromatic carbocycles. The van der Waals surface area contributed by atoms with Crippen LogP contribution in [0.2, 0.25) is 0 Å². The van der Waals surface area contributed by atoms with E-state index < -0.39 is 23.6 Å². The number of rotatable bonds is 3. The van der Waals surface area contributed by atoms with Crippen LogP contribution in [0.15, 0.2) is 12.1 Å². The van der Waals surface area contributed by atoms with Gasteiger partial charge in [0.05, 0.1) is 5.56 Å². The molecule has 0 aliphatic heterocycles. The maximum atomic E-state index is 13.4. The molecular weight excluding hydrogens is 225 g/mol. The normalized spacial score (nSPS) is 17.5. The fourth-order valence-electron chi connectivity index (χ4n) is 2.05.